The summed E-state index contributed by atoms with van der Waals surface area (Å²) in [6, 6.07) is 2.54. The monoisotopic (exact) mass is 257 g/mol. The summed E-state index contributed by atoms with van der Waals surface area (Å²) in [6.07, 6.45) is 0. The van der Waals surface area contributed by atoms with Crippen LogP contribution < -0.4 is 10.1 Å². The molecule has 0 saturated heterocycles. The topological polar surface area (TPSA) is 95.9 Å². The van der Waals surface area contributed by atoms with E-state index in [1.54, 1.807) is 0 Å². The zero-order valence-corrected chi connectivity index (χ0v) is 9.41. The third-order valence-electron chi connectivity index (χ3n) is 2.42. The number of ketones is 1. The van der Waals surface area contributed by atoms with E-state index in [2.05, 4.69) is 5.32 Å². The molecule has 0 fully saturated rings. The van der Waals surface area contributed by atoms with Crippen LogP contribution in [-0.2, 0) is 4.79 Å². The third-order valence-corrected chi connectivity index (χ3v) is 2.71. The standard InChI is InChI=1S/C10H8ClNO5/c1-17-7-3-6-4(2-5(7)11)8(13)10(15,16)9(14)12-6/h2-3,15-16H,1H3,(H,12,14). The zero-order chi connectivity index (χ0) is 12.8. The van der Waals surface area contributed by atoms with Gasteiger partial charge in [-0.2, -0.15) is 0 Å². The second-order valence-corrected chi connectivity index (χ2v) is 3.89. The van der Waals surface area contributed by atoms with E-state index >= 15 is 0 Å². The molecule has 0 spiro atoms. The summed E-state index contributed by atoms with van der Waals surface area (Å²) >= 11 is 5.80. The number of hydrogen-bond donors (Lipinski definition) is 3. The summed E-state index contributed by atoms with van der Waals surface area (Å²) in [5, 5.41) is 20.9. The van der Waals surface area contributed by atoms with E-state index in [-0.39, 0.29) is 22.0 Å². The van der Waals surface area contributed by atoms with Crippen LogP contribution in [0.25, 0.3) is 0 Å². The molecule has 1 aromatic rings. The van der Waals surface area contributed by atoms with Crippen molar-refractivity contribution in [1.29, 1.82) is 0 Å². The smallest absolute Gasteiger partial charge is 0.311 e. The number of carbonyl (C=O) groups excluding carboxylic acids is 2. The summed E-state index contributed by atoms with van der Waals surface area (Å²) in [6.45, 7) is 0. The molecule has 17 heavy (non-hydrogen) atoms. The Bertz CT molecular complexity index is 526. The van der Waals surface area contributed by atoms with Crippen molar-refractivity contribution in [3.05, 3.63) is 22.7 Å². The van der Waals surface area contributed by atoms with Gasteiger partial charge >= 0.3 is 5.79 Å². The number of anilines is 1. The molecule has 1 aliphatic rings. The van der Waals surface area contributed by atoms with Gasteiger partial charge in [0.25, 0.3) is 5.91 Å². The van der Waals surface area contributed by atoms with Gasteiger partial charge in [0.2, 0.25) is 5.78 Å². The van der Waals surface area contributed by atoms with Crippen LogP contribution in [0.4, 0.5) is 5.69 Å². The number of rotatable bonds is 1. The molecule has 0 unspecified atom stereocenters. The highest BCUT2D eigenvalue weighted by Gasteiger charge is 2.47. The molecule has 0 aliphatic carbocycles. The van der Waals surface area contributed by atoms with Crippen LogP contribution in [0.5, 0.6) is 5.75 Å². The van der Waals surface area contributed by atoms with E-state index in [0.717, 1.165) is 0 Å². The molecule has 0 radical (unpaired) electrons. The van der Waals surface area contributed by atoms with Crippen molar-refractivity contribution in [2.24, 2.45) is 0 Å². The van der Waals surface area contributed by atoms with Crippen LogP contribution in [0.3, 0.4) is 0 Å². The fraction of sp³-hybridized carbons (Fsp3) is 0.200. The number of ether oxygens (including phenoxy) is 1. The molecule has 90 valence electrons. The predicted octanol–water partition coefficient (Wildman–Crippen LogP) is 0.164. The number of carbonyl (C=O) groups is 2. The summed E-state index contributed by atoms with van der Waals surface area (Å²) in [5.41, 5.74) is 0.0420. The lowest BCUT2D eigenvalue weighted by atomic mass is 9.96. The zero-order valence-electron chi connectivity index (χ0n) is 8.65. The van der Waals surface area contributed by atoms with Crippen LogP contribution in [0.2, 0.25) is 5.02 Å². The number of hydrogen-bond acceptors (Lipinski definition) is 5. The Kier molecular flexibility index (Phi) is 2.57. The first-order valence-electron chi connectivity index (χ1n) is 4.56. The lowest BCUT2D eigenvalue weighted by molar-refractivity contribution is -0.162. The van der Waals surface area contributed by atoms with Crippen molar-refractivity contribution < 1.29 is 24.5 Å². The number of amides is 1. The molecule has 0 saturated carbocycles. The quantitative estimate of drug-likeness (QED) is 0.492. The summed E-state index contributed by atoms with van der Waals surface area (Å²) in [7, 11) is 1.38. The highest BCUT2D eigenvalue weighted by Crippen LogP contribution is 2.35. The van der Waals surface area contributed by atoms with E-state index in [9.17, 15) is 19.8 Å². The van der Waals surface area contributed by atoms with Crippen molar-refractivity contribution >= 4 is 29.0 Å². The molecule has 1 amide bonds. The van der Waals surface area contributed by atoms with Crippen LogP contribution in [0.15, 0.2) is 12.1 Å². The Labute approximate surface area is 101 Å². The highest BCUT2D eigenvalue weighted by atomic mass is 35.5. The van der Waals surface area contributed by atoms with E-state index in [0.29, 0.717) is 0 Å². The van der Waals surface area contributed by atoms with E-state index < -0.39 is 17.5 Å². The van der Waals surface area contributed by atoms with Crippen LogP contribution in [0, 0.1) is 0 Å². The number of Topliss-reactive ketones (excluding diaryl/α,β-unsaturated/α-hetero) is 1. The van der Waals surface area contributed by atoms with Gasteiger partial charge in [-0.1, -0.05) is 11.6 Å². The van der Waals surface area contributed by atoms with Gasteiger partial charge in [-0.05, 0) is 6.07 Å². The minimum absolute atomic E-state index is 0.0830. The fourth-order valence-electron chi connectivity index (χ4n) is 1.50. The molecule has 1 aromatic carbocycles. The molecule has 6 nitrogen and oxygen atoms in total. The largest absolute Gasteiger partial charge is 0.495 e. The summed E-state index contributed by atoms with van der Waals surface area (Å²) in [4.78, 5) is 22.9. The lowest BCUT2D eigenvalue weighted by Gasteiger charge is -2.26. The Hall–Kier alpha value is -1.63. The van der Waals surface area contributed by atoms with Crippen LogP contribution in [0.1, 0.15) is 10.4 Å². The molecule has 0 aromatic heterocycles. The van der Waals surface area contributed by atoms with Gasteiger partial charge in [0.1, 0.15) is 5.75 Å². The van der Waals surface area contributed by atoms with Crippen molar-refractivity contribution in [2.75, 3.05) is 12.4 Å². The Balaban J connectivity index is 2.62. The maximum absolute atomic E-state index is 11.6. The van der Waals surface area contributed by atoms with Crippen molar-refractivity contribution in [2.45, 2.75) is 5.79 Å². The summed E-state index contributed by atoms with van der Waals surface area (Å²) < 4.78 is 4.91. The van der Waals surface area contributed by atoms with E-state index in [1.165, 1.54) is 19.2 Å². The van der Waals surface area contributed by atoms with Gasteiger partial charge in [0, 0.05) is 11.6 Å². The van der Waals surface area contributed by atoms with Gasteiger partial charge < -0.3 is 20.3 Å². The van der Waals surface area contributed by atoms with E-state index in [4.69, 9.17) is 16.3 Å². The Morgan fingerprint density at radius 3 is 2.59 bits per heavy atom. The highest BCUT2D eigenvalue weighted by molar-refractivity contribution is 6.34. The third kappa shape index (κ3) is 1.66. The Morgan fingerprint density at radius 1 is 1.35 bits per heavy atom. The molecule has 0 bridgehead atoms. The number of benzene rings is 1. The lowest BCUT2D eigenvalue weighted by Crippen LogP contribution is -2.53. The van der Waals surface area contributed by atoms with Gasteiger partial charge in [-0.3, -0.25) is 9.59 Å². The predicted molar refractivity (Wildman–Crippen MR) is 58.1 cm³/mol. The van der Waals surface area contributed by atoms with Crippen molar-refractivity contribution in [1.82, 2.24) is 0 Å². The van der Waals surface area contributed by atoms with Crippen molar-refractivity contribution in [3.8, 4) is 5.75 Å². The average molecular weight is 258 g/mol. The average Bonchev–Trinajstić information content (AvgIpc) is 2.28. The number of fused-ring (bicyclic) bond motifs is 1. The molecule has 7 heteroatoms. The normalized spacial score (nSPS) is 17.4. The van der Waals surface area contributed by atoms with Gasteiger partial charge in [0.05, 0.1) is 17.8 Å². The minimum Gasteiger partial charge on any atom is -0.495 e. The number of halogens is 1. The Morgan fingerprint density at radius 2 is 2.00 bits per heavy atom. The van der Waals surface area contributed by atoms with Crippen molar-refractivity contribution in [3.63, 3.8) is 0 Å². The molecule has 3 N–H and O–H groups in total. The first-order valence-corrected chi connectivity index (χ1v) is 4.94. The second-order valence-electron chi connectivity index (χ2n) is 3.49. The molecule has 0 atom stereocenters. The molecular formula is C10H8ClNO5. The molecule has 1 heterocycles. The van der Waals surface area contributed by atoms with Gasteiger partial charge in [-0.25, -0.2) is 0 Å². The number of aliphatic hydroxyl groups is 2. The first-order chi connectivity index (χ1) is 7.87. The number of nitrogens with one attached hydrogen (secondary N) is 1. The minimum atomic E-state index is -3.06. The molecule has 1 aliphatic heterocycles. The van der Waals surface area contributed by atoms with Crippen LogP contribution in [-0.4, -0.2) is 34.8 Å². The van der Waals surface area contributed by atoms with E-state index in [1.807, 2.05) is 0 Å². The first kappa shape index (κ1) is 11.8. The molecular weight excluding hydrogens is 250 g/mol. The van der Waals surface area contributed by atoms with Gasteiger partial charge in [0.15, 0.2) is 0 Å². The maximum atomic E-state index is 11.6. The SMILES string of the molecule is COc1cc2c(cc1Cl)C(=O)C(O)(O)C(=O)N2. The maximum Gasteiger partial charge on any atom is 0.311 e. The molecule has 2 rings (SSSR count). The second kappa shape index (κ2) is 3.69. The van der Waals surface area contributed by atoms with Crippen LogP contribution >= 0.6 is 11.6 Å². The van der Waals surface area contributed by atoms with Gasteiger partial charge in [-0.15, -0.1) is 0 Å². The summed E-state index contributed by atoms with van der Waals surface area (Å²) in [5.74, 6) is -5.13. The number of methoxy groups -OCH3 is 1. The fourth-order valence-corrected chi connectivity index (χ4v) is 1.74.